The van der Waals surface area contributed by atoms with Crippen molar-refractivity contribution in [3.8, 4) is 5.75 Å². The molecule has 0 aromatic heterocycles. The third-order valence-electron chi connectivity index (χ3n) is 4.34. The number of ether oxygens (including phenoxy) is 2. The van der Waals surface area contributed by atoms with E-state index in [0.29, 0.717) is 23.8 Å². The van der Waals surface area contributed by atoms with E-state index in [-0.39, 0.29) is 24.6 Å². The predicted molar refractivity (Wildman–Crippen MR) is 129 cm³/mol. The van der Waals surface area contributed by atoms with Gasteiger partial charge in [0.15, 0.2) is 11.7 Å². The van der Waals surface area contributed by atoms with Gasteiger partial charge in [-0.25, -0.2) is 0 Å². The molecule has 2 aromatic carbocycles. The fourth-order valence-electron chi connectivity index (χ4n) is 2.70. The van der Waals surface area contributed by atoms with E-state index in [4.69, 9.17) is 33.3 Å². The molecule has 0 atom stereocenters. The molecule has 3 N–H and O–H groups in total. The molecule has 0 saturated carbocycles. The number of benzene rings is 2. The van der Waals surface area contributed by atoms with Gasteiger partial charge in [0.25, 0.3) is 5.91 Å². The average molecular weight is 492 g/mol. The highest BCUT2D eigenvalue weighted by Crippen LogP contribution is 2.21. The standard InChI is InChI=1S/C23H26ClN3O5S/c1-16-14-18(24)9-10-19(16)32-15-21(29)26-27-23(33)25-20(28)11-12-22(30)31-13-5-8-17-6-3-2-4-7-17/h2-4,6-7,9-10,14H,5,8,11-13,15H2,1H3,(H,26,29)(H2,25,27,28,33). The van der Waals surface area contributed by atoms with Gasteiger partial charge in [-0.15, -0.1) is 0 Å². The van der Waals surface area contributed by atoms with Gasteiger partial charge in [-0.2, -0.15) is 0 Å². The summed E-state index contributed by atoms with van der Waals surface area (Å²) in [5.41, 5.74) is 6.68. The number of thiocarbonyl (C=S) groups is 1. The number of hydrogen-bond donors (Lipinski definition) is 3. The van der Waals surface area contributed by atoms with Gasteiger partial charge in [-0.3, -0.25) is 25.2 Å². The number of nitrogens with one attached hydrogen (secondary N) is 3. The third kappa shape index (κ3) is 10.8. The molecule has 176 valence electrons. The van der Waals surface area contributed by atoms with E-state index in [1.807, 2.05) is 37.3 Å². The SMILES string of the molecule is Cc1cc(Cl)ccc1OCC(=O)NNC(=S)NC(=O)CCC(=O)OCCCc1ccccc1. The summed E-state index contributed by atoms with van der Waals surface area (Å²) < 4.78 is 10.5. The summed E-state index contributed by atoms with van der Waals surface area (Å²) >= 11 is 10.8. The second-order valence-electron chi connectivity index (χ2n) is 7.06. The summed E-state index contributed by atoms with van der Waals surface area (Å²) in [5, 5.41) is 2.84. The molecule has 8 nitrogen and oxygen atoms in total. The zero-order valence-electron chi connectivity index (χ0n) is 18.2. The minimum Gasteiger partial charge on any atom is -0.483 e. The Balaban J connectivity index is 1.54. The first-order valence-corrected chi connectivity index (χ1v) is 11.1. The number of hydrogen-bond acceptors (Lipinski definition) is 6. The highest BCUT2D eigenvalue weighted by Gasteiger charge is 2.11. The molecule has 2 rings (SSSR count). The van der Waals surface area contributed by atoms with Gasteiger partial charge in [0.1, 0.15) is 5.75 Å². The molecular formula is C23H26ClN3O5S. The number of halogens is 1. The Morgan fingerprint density at radius 2 is 1.76 bits per heavy atom. The van der Waals surface area contributed by atoms with E-state index < -0.39 is 17.8 Å². The van der Waals surface area contributed by atoms with Crippen molar-refractivity contribution in [1.29, 1.82) is 0 Å². The van der Waals surface area contributed by atoms with Crippen LogP contribution in [0.15, 0.2) is 48.5 Å². The number of hydrazine groups is 1. The Morgan fingerprint density at radius 1 is 1.00 bits per heavy atom. The Labute approximate surface area is 202 Å². The maximum absolute atomic E-state index is 11.9. The van der Waals surface area contributed by atoms with Crippen molar-refractivity contribution in [2.75, 3.05) is 13.2 Å². The number of carbonyl (C=O) groups is 3. The topological polar surface area (TPSA) is 106 Å². The van der Waals surface area contributed by atoms with Crippen molar-refractivity contribution in [3.05, 3.63) is 64.7 Å². The van der Waals surface area contributed by atoms with Crippen molar-refractivity contribution in [2.24, 2.45) is 0 Å². The highest BCUT2D eigenvalue weighted by atomic mass is 35.5. The van der Waals surface area contributed by atoms with Crippen LogP contribution in [0, 0.1) is 6.92 Å². The summed E-state index contributed by atoms with van der Waals surface area (Å²) in [7, 11) is 0. The summed E-state index contributed by atoms with van der Waals surface area (Å²) in [6.07, 6.45) is 1.36. The second kappa shape index (κ2) is 14.1. The number of carbonyl (C=O) groups excluding carboxylic acids is 3. The van der Waals surface area contributed by atoms with E-state index in [9.17, 15) is 14.4 Å². The fraction of sp³-hybridized carbons (Fsp3) is 0.304. The van der Waals surface area contributed by atoms with Crippen LogP contribution in [0.3, 0.4) is 0 Å². The lowest BCUT2D eigenvalue weighted by Crippen LogP contribution is -2.49. The van der Waals surface area contributed by atoms with Gasteiger partial charge in [0, 0.05) is 11.4 Å². The van der Waals surface area contributed by atoms with Crippen molar-refractivity contribution < 1.29 is 23.9 Å². The van der Waals surface area contributed by atoms with Crippen LogP contribution in [-0.4, -0.2) is 36.1 Å². The average Bonchev–Trinajstić information content (AvgIpc) is 2.79. The lowest BCUT2D eigenvalue weighted by Gasteiger charge is -2.12. The lowest BCUT2D eigenvalue weighted by molar-refractivity contribution is -0.145. The van der Waals surface area contributed by atoms with E-state index >= 15 is 0 Å². The van der Waals surface area contributed by atoms with E-state index in [1.165, 1.54) is 5.56 Å². The molecule has 0 spiro atoms. The molecule has 0 heterocycles. The van der Waals surface area contributed by atoms with Gasteiger partial charge < -0.3 is 14.8 Å². The molecule has 0 unspecified atom stereocenters. The summed E-state index contributed by atoms with van der Waals surface area (Å²) in [6.45, 7) is 1.84. The molecule has 0 aliphatic carbocycles. The zero-order valence-corrected chi connectivity index (χ0v) is 19.8. The summed E-state index contributed by atoms with van der Waals surface area (Å²) in [5.74, 6) is -0.909. The van der Waals surface area contributed by atoms with Gasteiger partial charge in [-0.05, 0) is 61.3 Å². The van der Waals surface area contributed by atoms with Crippen molar-refractivity contribution in [3.63, 3.8) is 0 Å². The smallest absolute Gasteiger partial charge is 0.306 e. The molecular weight excluding hydrogens is 466 g/mol. The van der Waals surface area contributed by atoms with Crippen LogP contribution >= 0.6 is 23.8 Å². The molecule has 0 aliphatic heterocycles. The first kappa shape index (κ1) is 26.1. The molecule has 10 heteroatoms. The van der Waals surface area contributed by atoms with Crippen LogP contribution in [0.2, 0.25) is 5.02 Å². The number of rotatable bonds is 10. The maximum Gasteiger partial charge on any atom is 0.306 e. The predicted octanol–water partition coefficient (Wildman–Crippen LogP) is 3.01. The van der Waals surface area contributed by atoms with Gasteiger partial charge in [0.2, 0.25) is 5.91 Å². The number of amides is 2. The maximum atomic E-state index is 11.9. The molecule has 0 saturated heterocycles. The third-order valence-corrected chi connectivity index (χ3v) is 4.78. The Bertz CT molecular complexity index is 972. The largest absolute Gasteiger partial charge is 0.483 e. The molecule has 2 aromatic rings. The second-order valence-corrected chi connectivity index (χ2v) is 7.90. The van der Waals surface area contributed by atoms with Crippen LogP contribution in [0.5, 0.6) is 5.75 Å². The lowest BCUT2D eigenvalue weighted by atomic mass is 10.1. The number of esters is 1. The zero-order chi connectivity index (χ0) is 24.1. The monoisotopic (exact) mass is 491 g/mol. The van der Waals surface area contributed by atoms with Crippen molar-refractivity contribution in [1.82, 2.24) is 16.2 Å². The van der Waals surface area contributed by atoms with Gasteiger partial charge in [-0.1, -0.05) is 41.9 Å². The highest BCUT2D eigenvalue weighted by molar-refractivity contribution is 7.80. The first-order valence-electron chi connectivity index (χ1n) is 10.3. The Hall–Kier alpha value is -3.17. The fourth-order valence-corrected chi connectivity index (χ4v) is 3.09. The molecule has 33 heavy (non-hydrogen) atoms. The molecule has 0 aliphatic rings. The van der Waals surface area contributed by atoms with Gasteiger partial charge >= 0.3 is 5.97 Å². The van der Waals surface area contributed by atoms with Crippen molar-refractivity contribution in [2.45, 2.75) is 32.6 Å². The van der Waals surface area contributed by atoms with Gasteiger partial charge in [0.05, 0.1) is 13.0 Å². The van der Waals surface area contributed by atoms with Crippen LogP contribution < -0.4 is 20.9 Å². The van der Waals surface area contributed by atoms with E-state index in [2.05, 4.69) is 16.2 Å². The van der Waals surface area contributed by atoms with E-state index in [1.54, 1.807) is 18.2 Å². The molecule has 0 bridgehead atoms. The summed E-state index contributed by atoms with van der Waals surface area (Å²) in [6, 6.07) is 14.9. The van der Waals surface area contributed by atoms with Crippen LogP contribution in [0.25, 0.3) is 0 Å². The Kier molecular flexibility index (Phi) is 11.1. The number of aryl methyl sites for hydroxylation is 2. The summed E-state index contributed by atoms with van der Waals surface area (Å²) in [4.78, 5) is 35.5. The minimum atomic E-state index is -0.500. The van der Waals surface area contributed by atoms with E-state index in [0.717, 1.165) is 12.0 Å². The normalized spacial score (nSPS) is 10.1. The quantitative estimate of drug-likeness (QED) is 0.203. The molecule has 0 fully saturated rings. The van der Waals surface area contributed by atoms with Crippen molar-refractivity contribution >= 4 is 46.7 Å². The van der Waals surface area contributed by atoms with Crippen LogP contribution in [0.1, 0.15) is 30.4 Å². The Morgan fingerprint density at radius 3 is 2.48 bits per heavy atom. The minimum absolute atomic E-state index is 0.0690. The first-order chi connectivity index (χ1) is 15.8. The molecule has 2 amide bonds. The molecule has 0 radical (unpaired) electrons. The van der Waals surface area contributed by atoms with Crippen LogP contribution in [0.4, 0.5) is 0 Å². The van der Waals surface area contributed by atoms with Crippen LogP contribution in [-0.2, 0) is 25.5 Å².